The van der Waals surface area contributed by atoms with E-state index in [1.807, 2.05) is 19.9 Å². The Labute approximate surface area is 85.0 Å². The maximum atomic E-state index is 4.38. The summed E-state index contributed by atoms with van der Waals surface area (Å²) in [6.07, 6.45) is 3.82. The molecule has 1 heterocycles. The van der Waals surface area contributed by atoms with Crippen LogP contribution >= 0.6 is 0 Å². The molecular formula is C11H17N3. The largest absolute Gasteiger partial charge is 0.365 e. The van der Waals surface area contributed by atoms with E-state index in [1.165, 1.54) is 19.3 Å². The molecule has 0 radical (unpaired) electrons. The van der Waals surface area contributed by atoms with Gasteiger partial charge in [0, 0.05) is 17.3 Å². The first kappa shape index (κ1) is 9.44. The van der Waals surface area contributed by atoms with Crippen LogP contribution in [0.3, 0.4) is 0 Å². The predicted octanol–water partition coefficient (Wildman–Crippen LogP) is 2.45. The second kappa shape index (κ2) is 3.23. The first-order valence-corrected chi connectivity index (χ1v) is 5.18. The summed E-state index contributed by atoms with van der Waals surface area (Å²) in [5, 5.41) is 3.49. The molecule has 1 N–H and O–H groups in total. The summed E-state index contributed by atoms with van der Waals surface area (Å²) in [7, 11) is 0. The Kier molecular flexibility index (Phi) is 2.17. The van der Waals surface area contributed by atoms with Crippen molar-refractivity contribution in [3.05, 3.63) is 17.6 Å². The smallest absolute Gasteiger partial charge is 0.130 e. The number of rotatable bonds is 2. The van der Waals surface area contributed by atoms with E-state index >= 15 is 0 Å². The quantitative estimate of drug-likeness (QED) is 0.780. The van der Waals surface area contributed by atoms with Gasteiger partial charge in [-0.3, -0.25) is 0 Å². The molecule has 14 heavy (non-hydrogen) atoms. The average Bonchev–Trinajstić information content (AvgIpc) is 1.99. The summed E-state index contributed by atoms with van der Waals surface area (Å²) < 4.78 is 0. The van der Waals surface area contributed by atoms with Crippen molar-refractivity contribution in [1.29, 1.82) is 0 Å². The zero-order valence-electron chi connectivity index (χ0n) is 9.09. The van der Waals surface area contributed by atoms with E-state index in [9.17, 15) is 0 Å². The fraction of sp³-hybridized carbons (Fsp3) is 0.636. The van der Waals surface area contributed by atoms with E-state index in [-0.39, 0.29) is 5.54 Å². The molecule has 0 aromatic carbocycles. The van der Waals surface area contributed by atoms with Crippen molar-refractivity contribution in [2.45, 2.75) is 45.6 Å². The zero-order valence-corrected chi connectivity index (χ0v) is 9.09. The molecule has 3 nitrogen and oxygen atoms in total. The third kappa shape index (κ3) is 1.86. The minimum atomic E-state index is 0.271. The van der Waals surface area contributed by atoms with Crippen molar-refractivity contribution in [3.8, 4) is 0 Å². The molecule has 1 saturated carbocycles. The number of nitrogens with zero attached hydrogens (tertiary/aromatic N) is 2. The Balaban J connectivity index is 2.16. The van der Waals surface area contributed by atoms with Crippen LogP contribution in [0.5, 0.6) is 0 Å². The fourth-order valence-corrected chi connectivity index (χ4v) is 1.92. The van der Waals surface area contributed by atoms with Crippen LogP contribution in [0.15, 0.2) is 6.07 Å². The molecule has 0 atom stereocenters. The zero-order chi connectivity index (χ0) is 10.2. The standard InChI is InChI=1S/C11H17N3/c1-8-7-10(13-9(2)12-8)14-11(3)5-4-6-11/h7H,4-6H2,1-3H3,(H,12,13,14). The van der Waals surface area contributed by atoms with Gasteiger partial charge < -0.3 is 5.32 Å². The van der Waals surface area contributed by atoms with E-state index in [1.54, 1.807) is 0 Å². The maximum absolute atomic E-state index is 4.38. The van der Waals surface area contributed by atoms with Crippen LogP contribution in [0.2, 0.25) is 0 Å². The number of aromatic nitrogens is 2. The second-order valence-electron chi connectivity index (χ2n) is 4.48. The van der Waals surface area contributed by atoms with Crippen molar-refractivity contribution < 1.29 is 0 Å². The summed E-state index contributed by atoms with van der Waals surface area (Å²) in [5.41, 5.74) is 1.30. The van der Waals surface area contributed by atoms with Gasteiger partial charge in [-0.2, -0.15) is 0 Å². The Hall–Kier alpha value is -1.12. The predicted molar refractivity (Wildman–Crippen MR) is 57.4 cm³/mol. The summed E-state index contributed by atoms with van der Waals surface area (Å²) in [6.45, 7) is 6.19. The molecule has 3 heteroatoms. The van der Waals surface area contributed by atoms with Crippen molar-refractivity contribution in [1.82, 2.24) is 9.97 Å². The number of nitrogens with one attached hydrogen (secondary N) is 1. The Morgan fingerprint density at radius 1 is 1.29 bits per heavy atom. The van der Waals surface area contributed by atoms with E-state index in [0.29, 0.717) is 0 Å². The van der Waals surface area contributed by atoms with Gasteiger partial charge in [-0.15, -0.1) is 0 Å². The van der Waals surface area contributed by atoms with Gasteiger partial charge in [-0.1, -0.05) is 0 Å². The monoisotopic (exact) mass is 191 g/mol. The molecule has 1 aliphatic rings. The lowest BCUT2D eigenvalue weighted by atomic mass is 9.78. The molecule has 1 aromatic rings. The van der Waals surface area contributed by atoms with Crippen LogP contribution in [-0.2, 0) is 0 Å². The highest BCUT2D eigenvalue weighted by Gasteiger charge is 2.31. The van der Waals surface area contributed by atoms with Gasteiger partial charge in [0.1, 0.15) is 11.6 Å². The van der Waals surface area contributed by atoms with Gasteiger partial charge >= 0.3 is 0 Å². The van der Waals surface area contributed by atoms with Gasteiger partial charge in [-0.25, -0.2) is 9.97 Å². The van der Waals surface area contributed by atoms with Gasteiger partial charge in [0.2, 0.25) is 0 Å². The number of hydrogen-bond acceptors (Lipinski definition) is 3. The number of aryl methyl sites for hydroxylation is 2. The molecule has 2 rings (SSSR count). The summed E-state index contributed by atoms with van der Waals surface area (Å²) in [4.78, 5) is 8.64. The molecule has 76 valence electrons. The highest BCUT2D eigenvalue weighted by Crippen LogP contribution is 2.34. The van der Waals surface area contributed by atoms with Crippen LogP contribution in [0.1, 0.15) is 37.7 Å². The fourth-order valence-electron chi connectivity index (χ4n) is 1.92. The van der Waals surface area contributed by atoms with Gasteiger partial charge in [0.15, 0.2) is 0 Å². The minimum Gasteiger partial charge on any atom is -0.365 e. The van der Waals surface area contributed by atoms with E-state index < -0.39 is 0 Å². The van der Waals surface area contributed by atoms with E-state index in [0.717, 1.165) is 17.3 Å². The summed E-state index contributed by atoms with van der Waals surface area (Å²) in [6, 6.07) is 2.01. The van der Waals surface area contributed by atoms with Crippen LogP contribution in [0, 0.1) is 13.8 Å². The van der Waals surface area contributed by atoms with Gasteiger partial charge in [-0.05, 0) is 40.0 Å². The SMILES string of the molecule is Cc1cc(NC2(C)CCC2)nc(C)n1. The molecule has 0 unspecified atom stereocenters. The molecular weight excluding hydrogens is 174 g/mol. The molecule has 0 bridgehead atoms. The number of hydrogen-bond donors (Lipinski definition) is 1. The van der Waals surface area contributed by atoms with Crippen LogP contribution < -0.4 is 5.32 Å². The normalized spacial score (nSPS) is 18.8. The topological polar surface area (TPSA) is 37.8 Å². The number of anilines is 1. The third-order valence-electron chi connectivity index (χ3n) is 2.85. The van der Waals surface area contributed by atoms with Gasteiger partial charge in [0.25, 0.3) is 0 Å². The highest BCUT2D eigenvalue weighted by molar-refractivity contribution is 5.39. The van der Waals surface area contributed by atoms with Gasteiger partial charge in [0.05, 0.1) is 0 Å². The van der Waals surface area contributed by atoms with Crippen molar-refractivity contribution in [2.24, 2.45) is 0 Å². The van der Waals surface area contributed by atoms with Crippen molar-refractivity contribution >= 4 is 5.82 Å². The highest BCUT2D eigenvalue weighted by atomic mass is 15.1. The minimum absolute atomic E-state index is 0.271. The molecule has 1 aliphatic carbocycles. The molecule has 0 saturated heterocycles. The first-order valence-electron chi connectivity index (χ1n) is 5.18. The lowest BCUT2D eigenvalue weighted by Gasteiger charge is -2.39. The van der Waals surface area contributed by atoms with E-state index in [2.05, 4.69) is 22.2 Å². The molecule has 1 fully saturated rings. The second-order valence-corrected chi connectivity index (χ2v) is 4.48. The van der Waals surface area contributed by atoms with Crippen LogP contribution in [0.25, 0.3) is 0 Å². The van der Waals surface area contributed by atoms with Crippen molar-refractivity contribution in [3.63, 3.8) is 0 Å². The first-order chi connectivity index (χ1) is 6.57. The van der Waals surface area contributed by atoms with Crippen molar-refractivity contribution in [2.75, 3.05) is 5.32 Å². The van der Waals surface area contributed by atoms with Crippen LogP contribution in [-0.4, -0.2) is 15.5 Å². The summed E-state index contributed by atoms with van der Waals surface area (Å²) >= 11 is 0. The Bertz CT molecular complexity index is 322. The summed E-state index contributed by atoms with van der Waals surface area (Å²) in [5.74, 6) is 1.81. The van der Waals surface area contributed by atoms with Crippen LogP contribution in [0.4, 0.5) is 5.82 Å². The molecule has 0 spiro atoms. The Morgan fingerprint density at radius 3 is 2.50 bits per heavy atom. The third-order valence-corrected chi connectivity index (χ3v) is 2.85. The Morgan fingerprint density at radius 2 is 2.00 bits per heavy atom. The lowest BCUT2D eigenvalue weighted by Crippen LogP contribution is -2.41. The maximum Gasteiger partial charge on any atom is 0.130 e. The average molecular weight is 191 g/mol. The lowest BCUT2D eigenvalue weighted by molar-refractivity contribution is 0.305. The molecule has 0 aliphatic heterocycles. The molecule has 1 aromatic heterocycles. The van der Waals surface area contributed by atoms with E-state index in [4.69, 9.17) is 0 Å². The molecule has 0 amide bonds.